The summed E-state index contributed by atoms with van der Waals surface area (Å²) in [5.74, 6) is -0.733. The highest BCUT2D eigenvalue weighted by molar-refractivity contribution is 6.30. The zero-order chi connectivity index (χ0) is 14.5. The van der Waals surface area contributed by atoms with Gasteiger partial charge in [-0.05, 0) is 31.2 Å². The highest BCUT2D eigenvalue weighted by Gasteiger charge is 2.19. The van der Waals surface area contributed by atoms with Gasteiger partial charge in [-0.15, -0.1) is 0 Å². The zero-order valence-electron chi connectivity index (χ0n) is 10.6. The van der Waals surface area contributed by atoms with E-state index in [0.29, 0.717) is 10.8 Å². The van der Waals surface area contributed by atoms with Crippen LogP contribution in [0.2, 0.25) is 5.02 Å². The fourth-order valence-corrected chi connectivity index (χ4v) is 1.52. The van der Waals surface area contributed by atoms with Crippen LogP contribution in [0.3, 0.4) is 0 Å². The molecule has 0 saturated heterocycles. The van der Waals surface area contributed by atoms with Crippen LogP contribution in [0.1, 0.15) is 17.4 Å². The SMILES string of the molecule is C[C@H](OC(=O)c1ccc[nH]1)C(=O)Nc1ccc(Cl)cn1. The van der Waals surface area contributed by atoms with E-state index < -0.39 is 18.0 Å². The molecule has 0 aromatic carbocycles. The smallest absolute Gasteiger partial charge is 0.355 e. The molecule has 0 bridgehead atoms. The predicted molar refractivity (Wildman–Crippen MR) is 73.5 cm³/mol. The Morgan fingerprint density at radius 3 is 2.80 bits per heavy atom. The second-order valence-electron chi connectivity index (χ2n) is 3.98. The molecular weight excluding hydrogens is 282 g/mol. The van der Waals surface area contributed by atoms with E-state index in [1.807, 2.05) is 0 Å². The molecule has 0 unspecified atom stereocenters. The van der Waals surface area contributed by atoms with Crippen LogP contribution in [0.25, 0.3) is 0 Å². The number of hydrogen-bond acceptors (Lipinski definition) is 4. The minimum atomic E-state index is -0.941. The van der Waals surface area contributed by atoms with Gasteiger partial charge in [-0.1, -0.05) is 11.6 Å². The van der Waals surface area contributed by atoms with Crippen molar-refractivity contribution in [2.45, 2.75) is 13.0 Å². The number of esters is 1. The third kappa shape index (κ3) is 3.58. The molecule has 0 spiro atoms. The average Bonchev–Trinajstić information content (AvgIpc) is 2.95. The van der Waals surface area contributed by atoms with Crippen LogP contribution in [0.4, 0.5) is 5.82 Å². The van der Waals surface area contributed by atoms with E-state index in [4.69, 9.17) is 16.3 Å². The van der Waals surface area contributed by atoms with E-state index in [2.05, 4.69) is 15.3 Å². The molecule has 0 aliphatic heterocycles. The van der Waals surface area contributed by atoms with Crippen LogP contribution in [-0.2, 0) is 9.53 Å². The number of rotatable bonds is 4. The number of aromatic amines is 1. The molecule has 20 heavy (non-hydrogen) atoms. The molecule has 0 radical (unpaired) electrons. The summed E-state index contributed by atoms with van der Waals surface area (Å²) in [5, 5.41) is 2.99. The van der Waals surface area contributed by atoms with Gasteiger partial charge in [0.05, 0.1) is 5.02 Å². The summed E-state index contributed by atoms with van der Waals surface area (Å²) in [6.07, 6.45) is 2.06. The lowest BCUT2D eigenvalue weighted by Gasteiger charge is -2.12. The summed E-state index contributed by atoms with van der Waals surface area (Å²) in [5.41, 5.74) is 0.286. The Bertz CT molecular complexity index is 596. The summed E-state index contributed by atoms with van der Waals surface area (Å²) in [4.78, 5) is 30.1. The van der Waals surface area contributed by atoms with Crippen molar-refractivity contribution in [1.82, 2.24) is 9.97 Å². The molecule has 0 aliphatic rings. The summed E-state index contributed by atoms with van der Waals surface area (Å²) in [6, 6.07) is 6.38. The maximum absolute atomic E-state index is 11.8. The molecule has 0 saturated carbocycles. The molecule has 6 nitrogen and oxygen atoms in total. The van der Waals surface area contributed by atoms with E-state index in [1.54, 1.807) is 30.5 Å². The van der Waals surface area contributed by atoms with Crippen LogP contribution >= 0.6 is 11.6 Å². The Labute approximate surface area is 120 Å². The van der Waals surface area contributed by atoms with E-state index in [1.165, 1.54) is 13.1 Å². The highest BCUT2D eigenvalue weighted by atomic mass is 35.5. The molecular formula is C13H12ClN3O3. The van der Waals surface area contributed by atoms with Crippen LogP contribution < -0.4 is 5.32 Å². The molecule has 2 heterocycles. The average molecular weight is 294 g/mol. The van der Waals surface area contributed by atoms with Crippen LogP contribution in [0.15, 0.2) is 36.7 Å². The number of ether oxygens (including phenoxy) is 1. The van der Waals surface area contributed by atoms with Crippen LogP contribution in [-0.4, -0.2) is 27.9 Å². The van der Waals surface area contributed by atoms with Crippen LogP contribution in [0.5, 0.6) is 0 Å². The summed E-state index contributed by atoms with van der Waals surface area (Å²) >= 11 is 5.69. The topological polar surface area (TPSA) is 84.1 Å². The second-order valence-corrected chi connectivity index (χ2v) is 4.42. The minimum absolute atomic E-state index is 0.286. The number of nitrogens with zero attached hydrogens (tertiary/aromatic N) is 1. The van der Waals surface area contributed by atoms with Gasteiger partial charge in [-0.3, -0.25) is 4.79 Å². The monoisotopic (exact) mass is 293 g/mol. The molecule has 2 aromatic rings. The van der Waals surface area contributed by atoms with Gasteiger partial charge < -0.3 is 15.0 Å². The summed E-state index contributed by atoms with van der Waals surface area (Å²) < 4.78 is 5.02. The molecule has 0 aliphatic carbocycles. The molecule has 104 valence electrons. The number of aromatic nitrogens is 2. The highest BCUT2D eigenvalue weighted by Crippen LogP contribution is 2.10. The van der Waals surface area contributed by atoms with Crippen molar-refractivity contribution in [3.63, 3.8) is 0 Å². The fraction of sp³-hybridized carbons (Fsp3) is 0.154. The number of halogens is 1. The van der Waals surface area contributed by atoms with E-state index in [0.717, 1.165) is 0 Å². The predicted octanol–water partition coefficient (Wildman–Crippen LogP) is 2.25. The fourth-order valence-electron chi connectivity index (χ4n) is 1.41. The van der Waals surface area contributed by atoms with Crippen molar-refractivity contribution >= 4 is 29.3 Å². The molecule has 2 aromatic heterocycles. The Balaban J connectivity index is 1.92. The van der Waals surface area contributed by atoms with Crippen molar-refractivity contribution in [2.24, 2.45) is 0 Å². The quantitative estimate of drug-likeness (QED) is 0.847. The van der Waals surface area contributed by atoms with Gasteiger partial charge in [0.25, 0.3) is 5.91 Å². The number of H-pyrrole nitrogens is 1. The van der Waals surface area contributed by atoms with Crippen molar-refractivity contribution < 1.29 is 14.3 Å². The van der Waals surface area contributed by atoms with Gasteiger partial charge in [0.15, 0.2) is 6.10 Å². The first-order valence-electron chi connectivity index (χ1n) is 5.83. The number of anilines is 1. The number of amides is 1. The van der Waals surface area contributed by atoms with Crippen molar-refractivity contribution in [1.29, 1.82) is 0 Å². The molecule has 2 rings (SSSR count). The maximum atomic E-state index is 11.8. The minimum Gasteiger partial charge on any atom is -0.448 e. The van der Waals surface area contributed by atoms with Gasteiger partial charge in [-0.25, -0.2) is 9.78 Å². The third-order valence-corrected chi connectivity index (χ3v) is 2.67. The first kappa shape index (κ1) is 14.1. The molecule has 7 heteroatoms. The number of carbonyl (C=O) groups is 2. The summed E-state index contributed by atoms with van der Waals surface area (Å²) in [6.45, 7) is 1.48. The number of pyridine rings is 1. The molecule has 1 atom stereocenters. The maximum Gasteiger partial charge on any atom is 0.355 e. The Hall–Kier alpha value is -2.34. The first-order valence-corrected chi connectivity index (χ1v) is 6.21. The Kier molecular flexibility index (Phi) is 4.37. The lowest BCUT2D eigenvalue weighted by atomic mass is 10.3. The lowest BCUT2D eigenvalue weighted by molar-refractivity contribution is -0.123. The number of hydrogen-bond donors (Lipinski definition) is 2. The molecule has 2 N–H and O–H groups in total. The number of nitrogens with one attached hydrogen (secondary N) is 2. The van der Waals surface area contributed by atoms with Gasteiger partial charge in [0.2, 0.25) is 0 Å². The van der Waals surface area contributed by atoms with Crippen LogP contribution in [0, 0.1) is 0 Å². The summed E-state index contributed by atoms with van der Waals surface area (Å²) in [7, 11) is 0. The van der Waals surface area contributed by atoms with Crippen molar-refractivity contribution in [2.75, 3.05) is 5.32 Å². The Morgan fingerprint density at radius 2 is 2.20 bits per heavy atom. The zero-order valence-corrected chi connectivity index (χ0v) is 11.3. The van der Waals surface area contributed by atoms with E-state index in [-0.39, 0.29) is 5.69 Å². The normalized spacial score (nSPS) is 11.7. The van der Waals surface area contributed by atoms with Gasteiger partial charge in [0.1, 0.15) is 11.5 Å². The van der Waals surface area contributed by atoms with Crippen molar-refractivity contribution in [3.8, 4) is 0 Å². The van der Waals surface area contributed by atoms with Gasteiger partial charge in [0, 0.05) is 12.4 Å². The van der Waals surface area contributed by atoms with Gasteiger partial charge >= 0.3 is 5.97 Å². The Morgan fingerprint density at radius 1 is 1.40 bits per heavy atom. The number of carbonyl (C=O) groups excluding carboxylic acids is 2. The first-order chi connectivity index (χ1) is 9.56. The third-order valence-electron chi connectivity index (χ3n) is 2.45. The second kappa shape index (κ2) is 6.21. The van der Waals surface area contributed by atoms with Gasteiger partial charge in [-0.2, -0.15) is 0 Å². The molecule has 1 amide bonds. The standard InChI is InChI=1S/C13H12ClN3O3/c1-8(20-13(19)10-3-2-6-15-10)12(18)17-11-5-4-9(14)7-16-11/h2-8,15H,1H3,(H,16,17,18)/t8-/m0/s1. The van der Waals surface area contributed by atoms with Crippen molar-refractivity contribution in [3.05, 3.63) is 47.4 Å². The molecule has 0 fully saturated rings. The van der Waals surface area contributed by atoms with E-state index in [9.17, 15) is 9.59 Å². The lowest BCUT2D eigenvalue weighted by Crippen LogP contribution is -2.30. The largest absolute Gasteiger partial charge is 0.448 e. The van der Waals surface area contributed by atoms with E-state index >= 15 is 0 Å².